The number of likely N-dealkylation sites (tertiary alicyclic amines) is 1. The fourth-order valence-corrected chi connectivity index (χ4v) is 4.88. The predicted octanol–water partition coefficient (Wildman–Crippen LogP) is 4.88. The van der Waals surface area contributed by atoms with E-state index in [1.165, 1.54) is 25.9 Å². The molecule has 4 aromatic rings. The number of hydrogen-bond donors (Lipinski definition) is 2. The SMILES string of the molecule is COc1cc2c(cc1OCCCN1CCCC1)[nH]c1ccnc(-c3ccccc3CC(=O)O)c12. The van der Waals surface area contributed by atoms with Crippen molar-refractivity contribution in [2.24, 2.45) is 0 Å². The van der Waals surface area contributed by atoms with Crippen LogP contribution < -0.4 is 9.47 Å². The monoisotopic (exact) mass is 459 g/mol. The van der Waals surface area contributed by atoms with Crippen LogP contribution in [0.2, 0.25) is 0 Å². The Bertz CT molecular complexity index is 1320. The Morgan fingerprint density at radius 3 is 2.74 bits per heavy atom. The smallest absolute Gasteiger partial charge is 0.307 e. The third-order valence-electron chi connectivity index (χ3n) is 6.48. The molecule has 1 aliphatic heterocycles. The molecule has 1 aliphatic rings. The number of carbonyl (C=O) groups is 1. The summed E-state index contributed by atoms with van der Waals surface area (Å²) in [4.78, 5) is 22.0. The van der Waals surface area contributed by atoms with Gasteiger partial charge in [0.1, 0.15) is 0 Å². The molecule has 34 heavy (non-hydrogen) atoms. The average molecular weight is 460 g/mol. The van der Waals surface area contributed by atoms with Crippen LogP contribution in [0.4, 0.5) is 0 Å². The first-order chi connectivity index (χ1) is 16.6. The molecule has 2 N–H and O–H groups in total. The average Bonchev–Trinajstić information content (AvgIpc) is 3.48. The number of H-pyrrole nitrogens is 1. The van der Waals surface area contributed by atoms with Gasteiger partial charge in [-0.1, -0.05) is 24.3 Å². The molecule has 7 nitrogen and oxygen atoms in total. The summed E-state index contributed by atoms with van der Waals surface area (Å²) < 4.78 is 11.8. The minimum atomic E-state index is -0.869. The summed E-state index contributed by atoms with van der Waals surface area (Å²) in [6, 6.07) is 13.4. The number of pyridine rings is 1. The quantitative estimate of drug-likeness (QED) is 0.347. The summed E-state index contributed by atoms with van der Waals surface area (Å²) >= 11 is 0. The van der Waals surface area contributed by atoms with E-state index in [-0.39, 0.29) is 6.42 Å². The van der Waals surface area contributed by atoms with Crippen LogP contribution in [0.25, 0.3) is 33.1 Å². The highest BCUT2D eigenvalue weighted by Crippen LogP contribution is 2.39. The number of nitrogens with zero attached hydrogens (tertiary/aromatic N) is 2. The number of aliphatic carboxylic acids is 1. The highest BCUT2D eigenvalue weighted by Gasteiger charge is 2.18. The molecule has 0 unspecified atom stereocenters. The number of hydrogen-bond acceptors (Lipinski definition) is 5. The Morgan fingerprint density at radius 1 is 1.12 bits per heavy atom. The van der Waals surface area contributed by atoms with Crippen molar-refractivity contribution < 1.29 is 19.4 Å². The Balaban J connectivity index is 1.50. The second kappa shape index (κ2) is 9.73. The van der Waals surface area contributed by atoms with Crippen LogP contribution in [0.3, 0.4) is 0 Å². The fraction of sp³-hybridized carbons (Fsp3) is 0.333. The lowest BCUT2D eigenvalue weighted by molar-refractivity contribution is -0.136. The minimum absolute atomic E-state index is 0.0602. The summed E-state index contributed by atoms with van der Waals surface area (Å²) in [6.45, 7) is 4.07. The van der Waals surface area contributed by atoms with Crippen LogP contribution in [0.15, 0.2) is 48.7 Å². The minimum Gasteiger partial charge on any atom is -0.493 e. The number of benzene rings is 2. The maximum absolute atomic E-state index is 11.4. The molecule has 0 atom stereocenters. The van der Waals surface area contributed by atoms with Crippen molar-refractivity contribution in [1.82, 2.24) is 14.9 Å². The van der Waals surface area contributed by atoms with Gasteiger partial charge in [-0.15, -0.1) is 0 Å². The normalized spacial score (nSPS) is 14.1. The molecule has 0 saturated carbocycles. The van der Waals surface area contributed by atoms with E-state index < -0.39 is 5.97 Å². The van der Waals surface area contributed by atoms with Gasteiger partial charge in [-0.05, 0) is 50.0 Å². The molecule has 5 rings (SSSR count). The van der Waals surface area contributed by atoms with Crippen LogP contribution in [0.1, 0.15) is 24.8 Å². The van der Waals surface area contributed by atoms with Gasteiger partial charge < -0.3 is 24.5 Å². The van der Waals surface area contributed by atoms with Gasteiger partial charge >= 0.3 is 5.97 Å². The Labute approximate surface area is 198 Å². The Hall–Kier alpha value is -3.58. The number of methoxy groups -OCH3 is 1. The molecule has 1 saturated heterocycles. The number of ether oxygens (including phenoxy) is 2. The highest BCUT2D eigenvalue weighted by molar-refractivity contribution is 6.14. The topological polar surface area (TPSA) is 87.7 Å². The van der Waals surface area contributed by atoms with Gasteiger partial charge in [-0.3, -0.25) is 9.78 Å². The van der Waals surface area contributed by atoms with Gasteiger partial charge in [0.2, 0.25) is 0 Å². The Kier molecular flexibility index (Phi) is 6.36. The van der Waals surface area contributed by atoms with E-state index in [9.17, 15) is 9.90 Å². The molecule has 176 valence electrons. The standard InChI is InChI=1S/C27H29N3O4/c1-33-23-16-20-22(17-24(23)34-14-6-13-30-11-4-5-12-30)29-21-9-10-28-27(26(20)21)19-8-3-2-7-18(19)15-25(31)32/h2-3,7-10,16-17,29H,4-6,11-15H2,1H3,(H,31,32). The van der Waals surface area contributed by atoms with Crippen LogP contribution >= 0.6 is 0 Å². The van der Waals surface area contributed by atoms with Crippen molar-refractivity contribution in [3.05, 3.63) is 54.2 Å². The second-order valence-corrected chi connectivity index (χ2v) is 8.73. The first-order valence-corrected chi connectivity index (χ1v) is 11.8. The van der Waals surface area contributed by atoms with E-state index in [2.05, 4.69) is 14.9 Å². The summed E-state index contributed by atoms with van der Waals surface area (Å²) in [5.74, 6) is 0.513. The first-order valence-electron chi connectivity index (χ1n) is 11.8. The predicted molar refractivity (Wildman–Crippen MR) is 133 cm³/mol. The maximum atomic E-state index is 11.4. The van der Waals surface area contributed by atoms with Gasteiger partial charge in [0, 0.05) is 35.1 Å². The summed E-state index contributed by atoms with van der Waals surface area (Å²) in [6.07, 6.45) is 5.25. The number of nitrogens with one attached hydrogen (secondary N) is 1. The molecule has 2 aromatic carbocycles. The molecule has 0 amide bonds. The van der Waals surface area contributed by atoms with Gasteiger partial charge in [0.25, 0.3) is 0 Å². The zero-order chi connectivity index (χ0) is 23.5. The molecular weight excluding hydrogens is 430 g/mol. The molecule has 7 heteroatoms. The van der Waals surface area contributed by atoms with E-state index in [1.54, 1.807) is 13.3 Å². The molecule has 1 fully saturated rings. The molecule has 0 aliphatic carbocycles. The zero-order valence-electron chi connectivity index (χ0n) is 19.3. The highest BCUT2D eigenvalue weighted by atomic mass is 16.5. The van der Waals surface area contributed by atoms with Crippen LogP contribution in [0, 0.1) is 0 Å². The zero-order valence-corrected chi connectivity index (χ0v) is 19.3. The summed E-state index contributed by atoms with van der Waals surface area (Å²) in [5, 5.41) is 11.3. The number of rotatable bonds is 9. The number of aromatic amines is 1. The van der Waals surface area contributed by atoms with Gasteiger partial charge in [0.05, 0.1) is 36.9 Å². The van der Waals surface area contributed by atoms with Crippen molar-refractivity contribution in [1.29, 1.82) is 0 Å². The number of fused-ring (bicyclic) bond motifs is 3. The lowest BCUT2D eigenvalue weighted by Gasteiger charge is -2.15. The lowest BCUT2D eigenvalue weighted by Crippen LogP contribution is -2.21. The molecular formula is C27H29N3O4. The molecule has 0 radical (unpaired) electrons. The van der Waals surface area contributed by atoms with Crippen LogP contribution in [-0.2, 0) is 11.2 Å². The van der Waals surface area contributed by atoms with E-state index in [0.29, 0.717) is 18.1 Å². The lowest BCUT2D eigenvalue weighted by atomic mass is 9.98. The second-order valence-electron chi connectivity index (χ2n) is 8.73. The number of carboxylic acid groups (broad SMARTS) is 1. The fourth-order valence-electron chi connectivity index (χ4n) is 4.88. The third-order valence-corrected chi connectivity index (χ3v) is 6.48. The van der Waals surface area contributed by atoms with Gasteiger partial charge in [-0.2, -0.15) is 0 Å². The summed E-state index contributed by atoms with van der Waals surface area (Å²) in [5.41, 5.74) is 4.16. The maximum Gasteiger partial charge on any atom is 0.307 e. The number of carboxylic acids is 1. The van der Waals surface area contributed by atoms with E-state index in [1.807, 2.05) is 42.5 Å². The van der Waals surface area contributed by atoms with Crippen molar-refractivity contribution in [3.8, 4) is 22.8 Å². The van der Waals surface area contributed by atoms with Gasteiger partial charge in [0.15, 0.2) is 11.5 Å². The van der Waals surface area contributed by atoms with Crippen LogP contribution in [0.5, 0.6) is 11.5 Å². The van der Waals surface area contributed by atoms with Crippen molar-refractivity contribution in [3.63, 3.8) is 0 Å². The molecule has 0 bridgehead atoms. The van der Waals surface area contributed by atoms with Crippen molar-refractivity contribution in [2.45, 2.75) is 25.7 Å². The first kappa shape index (κ1) is 22.2. The molecule has 2 aromatic heterocycles. The van der Waals surface area contributed by atoms with E-state index in [0.717, 1.165) is 51.6 Å². The molecule has 0 spiro atoms. The third kappa shape index (κ3) is 4.43. The van der Waals surface area contributed by atoms with E-state index >= 15 is 0 Å². The Morgan fingerprint density at radius 2 is 1.94 bits per heavy atom. The largest absolute Gasteiger partial charge is 0.493 e. The summed E-state index contributed by atoms with van der Waals surface area (Å²) in [7, 11) is 1.65. The van der Waals surface area contributed by atoms with Crippen molar-refractivity contribution >= 4 is 27.8 Å². The van der Waals surface area contributed by atoms with Crippen molar-refractivity contribution in [2.75, 3.05) is 33.4 Å². The van der Waals surface area contributed by atoms with E-state index in [4.69, 9.17) is 9.47 Å². The molecule has 3 heterocycles. The van der Waals surface area contributed by atoms with Crippen LogP contribution in [-0.4, -0.2) is 59.3 Å². The van der Waals surface area contributed by atoms with Gasteiger partial charge in [-0.25, -0.2) is 0 Å². The number of aromatic nitrogens is 2.